The maximum Gasteiger partial charge on any atom is 0.160 e. The van der Waals surface area contributed by atoms with Crippen LogP contribution in [0.2, 0.25) is 0 Å². The molecule has 2 heterocycles. The fourth-order valence-electron chi connectivity index (χ4n) is 10.9. The number of hydrogen-bond donors (Lipinski definition) is 7. The average Bonchev–Trinajstić information content (AvgIpc) is 3.67. The maximum absolute atomic E-state index is 14.8. The minimum Gasteiger partial charge on any atom is -0.504 e. The Morgan fingerprint density at radius 3 is 2.42 bits per heavy atom. The monoisotopic (exact) mass is 904 g/mol. The molecule has 66 heavy (non-hydrogen) atoms. The van der Waals surface area contributed by atoms with Crippen molar-refractivity contribution in [3.63, 3.8) is 0 Å². The second-order valence-electron chi connectivity index (χ2n) is 20.2. The third-order valence-electron chi connectivity index (χ3n) is 14.7. The molecule has 3 aromatic rings. The van der Waals surface area contributed by atoms with E-state index in [-0.39, 0.29) is 59.7 Å². The zero-order valence-corrected chi connectivity index (χ0v) is 40.3. The predicted molar refractivity (Wildman–Crippen MR) is 262 cm³/mol. The van der Waals surface area contributed by atoms with Crippen molar-refractivity contribution in [2.45, 2.75) is 155 Å². The summed E-state index contributed by atoms with van der Waals surface area (Å²) in [6.07, 6.45) is 12.3. The molecule has 0 saturated heterocycles. The number of aryl methyl sites for hydroxylation is 2. The van der Waals surface area contributed by atoms with Gasteiger partial charge in [0.05, 0.1) is 43.6 Å². The number of aromatic hydroxyl groups is 1. The van der Waals surface area contributed by atoms with Crippen LogP contribution in [0.15, 0.2) is 72.2 Å². The van der Waals surface area contributed by atoms with Crippen molar-refractivity contribution in [2.24, 2.45) is 41.2 Å². The van der Waals surface area contributed by atoms with E-state index in [2.05, 4.69) is 80.2 Å². The Labute approximate surface area is 393 Å². The van der Waals surface area contributed by atoms with Gasteiger partial charge in [0.2, 0.25) is 0 Å². The van der Waals surface area contributed by atoms with Crippen molar-refractivity contribution in [1.82, 2.24) is 10.3 Å². The summed E-state index contributed by atoms with van der Waals surface area (Å²) in [5.74, 6) is 7.75. The number of dihydropyridines is 1. The molecule has 1 aromatic heterocycles. The zero-order valence-electron chi connectivity index (χ0n) is 40.3. The molecule has 1 fully saturated rings. The fourth-order valence-corrected chi connectivity index (χ4v) is 10.9. The molecule has 1 aliphatic heterocycles. The summed E-state index contributed by atoms with van der Waals surface area (Å²) in [7, 11) is 1.52. The van der Waals surface area contributed by atoms with Gasteiger partial charge in [-0.25, -0.2) is 0 Å². The van der Waals surface area contributed by atoms with Gasteiger partial charge >= 0.3 is 0 Å². The number of Topliss-reactive ketones (excluding diaryl/α,β-unsaturated/α-hetero) is 2. The van der Waals surface area contributed by atoms with Gasteiger partial charge in [-0.1, -0.05) is 76.3 Å². The van der Waals surface area contributed by atoms with Crippen LogP contribution in [0.4, 0.5) is 0 Å². The number of ketones is 2. The summed E-state index contributed by atoms with van der Waals surface area (Å²) >= 11 is 0. The Hall–Kier alpha value is -4.82. The zero-order chi connectivity index (χ0) is 47.5. The summed E-state index contributed by atoms with van der Waals surface area (Å²) in [5, 5.41) is 46.8. The molecule has 8 N–H and O–H groups in total. The molecular formula is C56H77N3O7. The van der Waals surface area contributed by atoms with Crippen LogP contribution >= 0.6 is 0 Å². The first-order valence-electron chi connectivity index (χ1n) is 24.8. The van der Waals surface area contributed by atoms with Gasteiger partial charge in [-0.05, 0) is 158 Å². The number of carbonyl (C=O) groups excluding carboxylic acids is 2. The first kappa shape index (κ1) is 50.6. The van der Waals surface area contributed by atoms with Crippen molar-refractivity contribution >= 4 is 11.6 Å². The number of allylic oxidation sites excluding steroid dienone is 2. The summed E-state index contributed by atoms with van der Waals surface area (Å²) < 4.78 is 5.57. The second kappa shape index (κ2) is 23.8. The van der Waals surface area contributed by atoms with Crippen LogP contribution in [0, 0.1) is 47.3 Å². The number of H-pyrrole nitrogens is 1. The van der Waals surface area contributed by atoms with E-state index in [0.717, 1.165) is 78.5 Å². The van der Waals surface area contributed by atoms with Crippen LogP contribution < -0.4 is 15.8 Å². The molecule has 1 saturated carbocycles. The third-order valence-corrected chi connectivity index (χ3v) is 14.7. The number of hydrogen-bond acceptors (Lipinski definition) is 9. The standard InChI is InChI=1S/C56H77N3O7/c1-7-10-47(52(63)30-44-27-43(33-59-44)35(4)14-20-51(62)36(5)60)42-25-38(23-37-21-22-58-56(57)26-37)24-40-17-19-48(46-12-9-8-11-39(46)15-13-34(2)3)49-32-54(65)55(66-6)29-41(49)16-18-45(61)31-53(64)50(40)28-42/h8-9,11-12,21,26-27,29,32-36,38,40,42,47-48,50-52,58-60,62-63,65H,7,10,13-16,18,20,22-25,28,30-31,57H2,1-6H3/t35-,36+,38-,40-,42+,47+,48-,50-,51+,52-/m1/s1. The van der Waals surface area contributed by atoms with Gasteiger partial charge in [0.15, 0.2) is 11.5 Å². The highest BCUT2D eigenvalue weighted by molar-refractivity contribution is 6.00. The van der Waals surface area contributed by atoms with E-state index in [1.54, 1.807) is 13.0 Å². The number of fused-ring (bicyclic) bond motifs is 2. The quantitative estimate of drug-likeness (QED) is 0.0485. The lowest BCUT2D eigenvalue weighted by Gasteiger charge is -2.33. The molecule has 0 unspecified atom stereocenters. The van der Waals surface area contributed by atoms with Gasteiger partial charge in [-0.3, -0.25) is 9.59 Å². The largest absolute Gasteiger partial charge is 0.504 e. The second-order valence-corrected chi connectivity index (χ2v) is 20.2. The SMILES string of the molecule is CCC[C@@H]([C@H]1C[C@H](CC2=CCNC(N)=C2)C[C@H]2C#C[C@H](c3ccccc3CCC(C)C)c3cc(O)c(OC)cc3CCC(=O)CC(=O)[C@@H]2C1)[C@H](O)Cc1cc([C@H](C)CC[C@H](O)[C@H](C)O)c[nH]1. The van der Waals surface area contributed by atoms with E-state index in [1.165, 1.54) is 12.7 Å². The number of aromatic amines is 1. The molecule has 0 spiro atoms. The molecule has 6 rings (SSSR count). The topological polar surface area (TPSA) is 178 Å². The van der Waals surface area contributed by atoms with E-state index in [4.69, 9.17) is 10.5 Å². The molecule has 10 atom stereocenters. The lowest BCUT2D eigenvalue weighted by molar-refractivity contribution is -0.130. The number of nitrogens with one attached hydrogen (secondary N) is 2. The number of aliphatic hydroxyl groups is 3. The van der Waals surface area contributed by atoms with Crippen molar-refractivity contribution < 1.29 is 34.8 Å². The normalized spacial score (nSPS) is 23.8. The van der Waals surface area contributed by atoms with Crippen LogP contribution in [0.5, 0.6) is 11.5 Å². The number of nitrogens with two attached hydrogens (primary N) is 1. The first-order valence-corrected chi connectivity index (χ1v) is 24.8. The van der Waals surface area contributed by atoms with Crippen LogP contribution in [0.3, 0.4) is 0 Å². The number of phenols is 1. The number of methoxy groups -OCH3 is 1. The van der Waals surface area contributed by atoms with Crippen LogP contribution in [0.25, 0.3) is 0 Å². The molecule has 10 nitrogen and oxygen atoms in total. The Morgan fingerprint density at radius 1 is 0.909 bits per heavy atom. The molecule has 3 aliphatic rings. The number of aromatic nitrogens is 1. The Balaban J connectivity index is 1.41. The van der Waals surface area contributed by atoms with Crippen LogP contribution in [-0.2, 0) is 28.9 Å². The molecule has 2 aromatic carbocycles. The minimum atomic E-state index is -0.778. The molecule has 0 amide bonds. The van der Waals surface area contributed by atoms with Crippen molar-refractivity contribution in [3.8, 4) is 23.3 Å². The van der Waals surface area contributed by atoms with Crippen molar-refractivity contribution in [2.75, 3.05) is 13.7 Å². The van der Waals surface area contributed by atoms with Crippen LogP contribution in [-0.4, -0.2) is 68.9 Å². The number of rotatable bonds is 18. The average molecular weight is 904 g/mol. The number of benzene rings is 2. The molecule has 358 valence electrons. The first-order chi connectivity index (χ1) is 31.6. The van der Waals surface area contributed by atoms with Gasteiger partial charge in [0.1, 0.15) is 11.6 Å². The Kier molecular flexibility index (Phi) is 18.2. The number of aliphatic hydroxyl groups excluding tert-OH is 3. The summed E-state index contributed by atoms with van der Waals surface area (Å²) in [6, 6.07) is 14.1. The maximum atomic E-state index is 14.8. The highest BCUT2D eigenvalue weighted by atomic mass is 16.5. The summed E-state index contributed by atoms with van der Waals surface area (Å²) in [4.78, 5) is 32.2. The van der Waals surface area contributed by atoms with Crippen LogP contribution in [0.1, 0.15) is 151 Å². The smallest absolute Gasteiger partial charge is 0.160 e. The highest BCUT2D eigenvalue weighted by Crippen LogP contribution is 2.45. The van der Waals surface area contributed by atoms with E-state index in [9.17, 15) is 30.0 Å². The van der Waals surface area contributed by atoms with Gasteiger partial charge in [-0.2, -0.15) is 0 Å². The third kappa shape index (κ3) is 13.4. The highest BCUT2D eigenvalue weighted by Gasteiger charge is 2.41. The lowest BCUT2D eigenvalue weighted by atomic mass is 9.73. The van der Waals surface area contributed by atoms with E-state index >= 15 is 0 Å². The molecule has 2 aliphatic carbocycles. The van der Waals surface area contributed by atoms with Crippen molar-refractivity contribution in [1.29, 1.82) is 0 Å². The Morgan fingerprint density at radius 2 is 1.70 bits per heavy atom. The predicted octanol–water partition coefficient (Wildman–Crippen LogP) is 8.94. The summed E-state index contributed by atoms with van der Waals surface area (Å²) in [6.45, 7) is 11.0. The fraction of sp³-hybridized carbons (Fsp3) is 0.571. The Bertz CT molecular complexity index is 2230. The number of carbonyl (C=O) groups is 2. The van der Waals surface area contributed by atoms with E-state index < -0.39 is 30.1 Å². The van der Waals surface area contributed by atoms with Gasteiger partial charge in [0.25, 0.3) is 0 Å². The van der Waals surface area contributed by atoms with Gasteiger partial charge in [-0.15, -0.1) is 0 Å². The number of ether oxygens (including phenoxy) is 1. The molecule has 0 bridgehead atoms. The van der Waals surface area contributed by atoms with E-state index in [0.29, 0.717) is 56.1 Å². The van der Waals surface area contributed by atoms with Gasteiger partial charge in [0, 0.05) is 43.1 Å². The van der Waals surface area contributed by atoms with E-state index in [1.807, 2.05) is 24.4 Å². The molecular weight excluding hydrogens is 827 g/mol. The van der Waals surface area contributed by atoms with Gasteiger partial charge < -0.3 is 41.2 Å². The number of phenolic OH excluding ortho intramolecular Hbond substituents is 1. The lowest BCUT2D eigenvalue weighted by Crippen LogP contribution is -2.33. The molecule has 0 radical (unpaired) electrons. The van der Waals surface area contributed by atoms with Crippen molar-refractivity contribution in [3.05, 3.63) is 106 Å². The molecule has 10 heteroatoms. The minimum absolute atomic E-state index is 0.00893. The summed E-state index contributed by atoms with van der Waals surface area (Å²) in [5.41, 5.74) is 13.5.